The Kier molecular flexibility index (Phi) is 2.04. The van der Waals surface area contributed by atoms with Crippen LogP contribution in [0.1, 0.15) is 27.0 Å². The van der Waals surface area contributed by atoms with Gasteiger partial charge >= 0.3 is 0 Å². The summed E-state index contributed by atoms with van der Waals surface area (Å²) in [7, 11) is 0. The summed E-state index contributed by atoms with van der Waals surface area (Å²) in [4.78, 5) is 12.3. The van der Waals surface area contributed by atoms with Crippen molar-refractivity contribution in [1.82, 2.24) is 0 Å². The van der Waals surface area contributed by atoms with E-state index in [-0.39, 0.29) is 22.8 Å². The van der Waals surface area contributed by atoms with Gasteiger partial charge in [0.05, 0.1) is 5.56 Å². The van der Waals surface area contributed by atoms with E-state index in [2.05, 4.69) is 6.58 Å². The van der Waals surface area contributed by atoms with Gasteiger partial charge in [-0.25, -0.2) is 0 Å². The molecule has 0 aromatic heterocycles. The summed E-state index contributed by atoms with van der Waals surface area (Å²) in [6.45, 7) is 3.96. The third-order valence-electron chi connectivity index (χ3n) is 3.21. The number of phenolic OH excluding ortho intramolecular Hbond substituents is 2. The van der Waals surface area contributed by atoms with E-state index >= 15 is 0 Å². The molecule has 0 bridgehead atoms. The number of benzene rings is 2. The van der Waals surface area contributed by atoms with Crippen molar-refractivity contribution in [3.05, 3.63) is 65.2 Å². The van der Waals surface area contributed by atoms with E-state index < -0.39 is 0 Å². The van der Waals surface area contributed by atoms with E-state index in [9.17, 15) is 15.0 Å². The van der Waals surface area contributed by atoms with E-state index in [0.717, 1.165) is 5.56 Å². The van der Waals surface area contributed by atoms with Crippen molar-refractivity contribution in [2.24, 2.45) is 0 Å². The molecule has 88 valence electrons. The van der Waals surface area contributed by atoms with Crippen LogP contribution in [-0.2, 0) is 0 Å². The Balaban J connectivity index is 2.38. The second-order valence-corrected chi connectivity index (χ2v) is 4.21. The molecule has 0 amide bonds. The molecule has 0 spiro atoms. The predicted octanol–water partition coefficient (Wildman–Crippen LogP) is 2.70. The van der Waals surface area contributed by atoms with E-state index in [1.165, 1.54) is 6.07 Å². The number of aromatic hydroxyl groups is 2. The molecular weight excluding hydrogens is 228 g/mol. The molecule has 1 aliphatic carbocycles. The molecule has 3 rings (SSSR count). The van der Waals surface area contributed by atoms with Crippen molar-refractivity contribution in [3.63, 3.8) is 0 Å². The third kappa shape index (κ3) is 1.21. The first-order chi connectivity index (χ1) is 8.61. The van der Waals surface area contributed by atoms with Gasteiger partial charge < -0.3 is 10.2 Å². The molecule has 2 aromatic rings. The lowest BCUT2D eigenvalue weighted by Crippen LogP contribution is -2.14. The number of ketones is 1. The fourth-order valence-electron chi connectivity index (χ4n) is 2.29. The van der Waals surface area contributed by atoms with Gasteiger partial charge in [-0.05, 0) is 28.8 Å². The molecule has 3 nitrogen and oxygen atoms in total. The number of rotatable bonds is 0. The Bertz CT molecular complexity index is 699. The van der Waals surface area contributed by atoms with Gasteiger partial charge in [-0.3, -0.25) is 4.79 Å². The van der Waals surface area contributed by atoms with Crippen molar-refractivity contribution >= 4 is 11.4 Å². The van der Waals surface area contributed by atoms with Crippen LogP contribution in [0, 0.1) is 0 Å². The van der Waals surface area contributed by atoms with Gasteiger partial charge in [0.1, 0.15) is 0 Å². The molecule has 0 radical (unpaired) electrons. The van der Waals surface area contributed by atoms with Crippen LogP contribution in [0.15, 0.2) is 43.0 Å². The van der Waals surface area contributed by atoms with E-state index in [4.69, 9.17) is 0 Å². The Hall–Kier alpha value is -2.55. The highest BCUT2D eigenvalue weighted by molar-refractivity contribution is 6.20. The zero-order chi connectivity index (χ0) is 12.9. The maximum Gasteiger partial charge on any atom is 0.198 e. The Morgan fingerprint density at radius 1 is 0.889 bits per heavy atom. The monoisotopic (exact) mass is 238 g/mol. The van der Waals surface area contributed by atoms with Crippen LogP contribution in [0.4, 0.5) is 0 Å². The van der Waals surface area contributed by atoms with Gasteiger partial charge in [-0.15, -0.1) is 0 Å². The van der Waals surface area contributed by atoms with Gasteiger partial charge in [-0.2, -0.15) is 0 Å². The average molecular weight is 238 g/mol. The van der Waals surface area contributed by atoms with E-state index in [1.54, 1.807) is 18.2 Å². The zero-order valence-corrected chi connectivity index (χ0v) is 9.47. The Morgan fingerprint density at radius 3 is 2.28 bits per heavy atom. The van der Waals surface area contributed by atoms with Gasteiger partial charge in [0.15, 0.2) is 17.3 Å². The van der Waals surface area contributed by atoms with Crippen LogP contribution < -0.4 is 0 Å². The van der Waals surface area contributed by atoms with Crippen molar-refractivity contribution in [2.45, 2.75) is 0 Å². The summed E-state index contributed by atoms with van der Waals surface area (Å²) >= 11 is 0. The number of fused-ring (bicyclic) bond motifs is 2. The smallest absolute Gasteiger partial charge is 0.198 e. The summed E-state index contributed by atoms with van der Waals surface area (Å²) < 4.78 is 0. The van der Waals surface area contributed by atoms with Crippen LogP contribution in [0.25, 0.3) is 5.57 Å². The molecule has 2 aromatic carbocycles. The Morgan fingerprint density at radius 2 is 1.56 bits per heavy atom. The molecule has 18 heavy (non-hydrogen) atoms. The number of phenols is 2. The second kappa shape index (κ2) is 3.47. The molecule has 2 N–H and O–H groups in total. The maximum atomic E-state index is 12.3. The van der Waals surface area contributed by atoms with Crippen molar-refractivity contribution < 1.29 is 15.0 Å². The third-order valence-corrected chi connectivity index (χ3v) is 3.21. The molecule has 0 aliphatic heterocycles. The van der Waals surface area contributed by atoms with Gasteiger partial charge in [-0.1, -0.05) is 30.8 Å². The Labute approximate surface area is 104 Å². The van der Waals surface area contributed by atoms with Gasteiger partial charge in [0.25, 0.3) is 0 Å². The lowest BCUT2D eigenvalue weighted by Gasteiger charge is -2.21. The molecule has 0 heterocycles. The van der Waals surface area contributed by atoms with Crippen LogP contribution >= 0.6 is 0 Å². The average Bonchev–Trinajstić information content (AvgIpc) is 2.39. The predicted molar refractivity (Wildman–Crippen MR) is 67.8 cm³/mol. The first kappa shape index (κ1) is 10.6. The fourth-order valence-corrected chi connectivity index (χ4v) is 2.29. The largest absolute Gasteiger partial charge is 0.504 e. The molecule has 0 saturated heterocycles. The van der Waals surface area contributed by atoms with Gasteiger partial charge in [0, 0.05) is 5.56 Å². The first-order valence-corrected chi connectivity index (χ1v) is 5.49. The molecule has 0 unspecified atom stereocenters. The van der Waals surface area contributed by atoms with Crippen molar-refractivity contribution in [3.8, 4) is 11.5 Å². The summed E-state index contributed by atoms with van der Waals surface area (Å²) in [6, 6.07) is 10.1. The summed E-state index contributed by atoms with van der Waals surface area (Å²) in [5.74, 6) is -0.969. The van der Waals surface area contributed by atoms with E-state index in [0.29, 0.717) is 16.7 Å². The topological polar surface area (TPSA) is 57.5 Å². The highest BCUT2D eigenvalue weighted by Gasteiger charge is 2.29. The van der Waals surface area contributed by atoms with Crippen LogP contribution in [0.2, 0.25) is 0 Å². The van der Waals surface area contributed by atoms with Crippen molar-refractivity contribution in [1.29, 1.82) is 0 Å². The quantitative estimate of drug-likeness (QED) is 0.592. The highest BCUT2D eigenvalue weighted by Crippen LogP contribution is 2.41. The molecular formula is C15H10O3. The maximum absolute atomic E-state index is 12.3. The minimum absolute atomic E-state index is 0.124. The normalized spacial score (nSPS) is 13.1. The van der Waals surface area contributed by atoms with E-state index in [1.807, 2.05) is 12.1 Å². The van der Waals surface area contributed by atoms with Gasteiger partial charge in [0.2, 0.25) is 0 Å². The van der Waals surface area contributed by atoms with Crippen LogP contribution in [-0.4, -0.2) is 16.0 Å². The van der Waals surface area contributed by atoms with Crippen LogP contribution in [0.5, 0.6) is 11.5 Å². The number of carbonyl (C=O) groups excluding carboxylic acids is 1. The first-order valence-electron chi connectivity index (χ1n) is 5.49. The summed E-state index contributed by atoms with van der Waals surface area (Å²) in [6.07, 6.45) is 0. The van der Waals surface area contributed by atoms with Crippen LogP contribution in [0.3, 0.4) is 0 Å². The standard InChI is InChI=1S/C15H10O3/c1-8-9-4-2-3-5-11(9)14(17)13-10(8)6-7-12(16)15(13)18/h2-7,16,18H,1H2. The lowest BCUT2D eigenvalue weighted by molar-refractivity contribution is 0.103. The number of carbonyl (C=O) groups is 1. The fraction of sp³-hybridized carbons (Fsp3) is 0. The molecule has 0 atom stereocenters. The molecule has 1 aliphatic rings. The highest BCUT2D eigenvalue weighted by atomic mass is 16.3. The van der Waals surface area contributed by atoms with Crippen molar-refractivity contribution in [2.75, 3.05) is 0 Å². The molecule has 3 heteroatoms. The molecule has 0 saturated carbocycles. The minimum Gasteiger partial charge on any atom is -0.504 e. The SMILES string of the molecule is C=C1c2ccccc2C(=O)c2c1ccc(O)c2O. The number of hydrogen-bond donors (Lipinski definition) is 2. The summed E-state index contributed by atoms with van der Waals surface area (Å²) in [5.41, 5.74) is 2.62. The minimum atomic E-state index is -0.381. The summed E-state index contributed by atoms with van der Waals surface area (Å²) in [5, 5.41) is 19.3. The molecule has 0 fully saturated rings. The zero-order valence-electron chi connectivity index (χ0n) is 9.47. The lowest BCUT2D eigenvalue weighted by atomic mass is 9.81. The second-order valence-electron chi connectivity index (χ2n) is 4.21. The number of hydrogen-bond acceptors (Lipinski definition) is 3.